The van der Waals surface area contributed by atoms with Gasteiger partial charge in [0.25, 0.3) is 0 Å². The number of allylic oxidation sites excluding steroid dienone is 1. The molecule has 4 heteroatoms. The topological polar surface area (TPSA) is 45.4 Å². The zero-order chi connectivity index (χ0) is 14.2. The Labute approximate surface area is 122 Å². The van der Waals surface area contributed by atoms with Gasteiger partial charge in [0.1, 0.15) is 0 Å². The van der Waals surface area contributed by atoms with Crippen LogP contribution in [0.2, 0.25) is 0 Å². The summed E-state index contributed by atoms with van der Waals surface area (Å²) in [5.74, 6) is 0.101. The Hall–Kier alpha value is -0.870. The summed E-state index contributed by atoms with van der Waals surface area (Å²) in [5.41, 5.74) is 0. The summed E-state index contributed by atoms with van der Waals surface area (Å²) >= 11 is 0. The van der Waals surface area contributed by atoms with Gasteiger partial charge < -0.3 is 14.4 Å². The number of amides is 1. The molecule has 20 heavy (non-hydrogen) atoms. The van der Waals surface area contributed by atoms with Gasteiger partial charge in [-0.3, -0.25) is 4.79 Å². The maximum absolute atomic E-state index is 12.1. The van der Waals surface area contributed by atoms with Crippen molar-refractivity contribution in [2.75, 3.05) is 26.3 Å². The van der Waals surface area contributed by atoms with E-state index in [2.05, 4.69) is 6.92 Å². The first-order chi connectivity index (χ1) is 9.79. The van der Waals surface area contributed by atoms with E-state index in [0.29, 0.717) is 13.1 Å². The highest BCUT2D eigenvalue weighted by atomic mass is 16.6. The second kappa shape index (κ2) is 8.42. The average Bonchev–Trinajstić information content (AvgIpc) is 3.32. The normalized spacial score (nSPS) is 24.1. The molecule has 114 valence electrons. The average molecular weight is 281 g/mol. The van der Waals surface area contributed by atoms with E-state index in [4.69, 9.17) is 9.47 Å². The van der Waals surface area contributed by atoms with E-state index in [9.17, 15) is 4.79 Å². The molecule has 0 bridgehead atoms. The summed E-state index contributed by atoms with van der Waals surface area (Å²) in [6, 6.07) is 0. The third kappa shape index (κ3) is 6.53. The summed E-state index contributed by atoms with van der Waals surface area (Å²) in [6.07, 6.45) is 11.6. The highest BCUT2D eigenvalue weighted by Gasteiger charge is 2.32. The molecule has 2 rings (SSSR count). The number of rotatable bonds is 11. The second-order valence-electron chi connectivity index (χ2n) is 5.76. The van der Waals surface area contributed by atoms with E-state index >= 15 is 0 Å². The number of hydrogen-bond donors (Lipinski definition) is 0. The molecule has 2 heterocycles. The van der Waals surface area contributed by atoms with Crippen molar-refractivity contribution in [3.63, 3.8) is 0 Å². The zero-order valence-corrected chi connectivity index (χ0v) is 12.6. The summed E-state index contributed by atoms with van der Waals surface area (Å²) in [6.45, 7) is 5.21. The van der Waals surface area contributed by atoms with Crippen molar-refractivity contribution < 1.29 is 14.3 Å². The summed E-state index contributed by atoms with van der Waals surface area (Å²) in [4.78, 5) is 14.0. The number of nitrogens with zero attached hydrogens (tertiary/aromatic N) is 1. The standard InChI is InChI=1S/C16H27NO3/c1-2-3-4-5-6-7-8-9-16(18)17(10-14-12-19-14)11-15-13-20-15/h8-9,14-15H,2-7,10-13H2,1H3. The first kappa shape index (κ1) is 15.5. The number of carbonyl (C=O) groups is 1. The van der Waals surface area contributed by atoms with Crippen molar-refractivity contribution in [2.24, 2.45) is 0 Å². The molecule has 1 amide bonds. The molecule has 0 aromatic carbocycles. The molecule has 2 unspecified atom stereocenters. The first-order valence-corrected chi connectivity index (χ1v) is 7.98. The summed E-state index contributed by atoms with van der Waals surface area (Å²) < 4.78 is 10.4. The molecule has 4 nitrogen and oxygen atoms in total. The van der Waals surface area contributed by atoms with Crippen molar-refractivity contribution in [3.8, 4) is 0 Å². The molecule has 0 radical (unpaired) electrons. The molecular weight excluding hydrogens is 254 g/mol. The summed E-state index contributed by atoms with van der Waals surface area (Å²) in [7, 11) is 0. The lowest BCUT2D eigenvalue weighted by Gasteiger charge is -2.18. The second-order valence-corrected chi connectivity index (χ2v) is 5.76. The van der Waals surface area contributed by atoms with Crippen LogP contribution in [0.15, 0.2) is 12.2 Å². The Morgan fingerprint density at radius 2 is 1.70 bits per heavy atom. The molecule has 2 aliphatic heterocycles. The van der Waals surface area contributed by atoms with Gasteiger partial charge >= 0.3 is 0 Å². The molecule has 2 saturated heterocycles. The molecule has 0 aromatic rings. The minimum atomic E-state index is 0.101. The van der Waals surface area contributed by atoms with Crippen LogP contribution < -0.4 is 0 Å². The van der Waals surface area contributed by atoms with Crippen molar-refractivity contribution in [3.05, 3.63) is 12.2 Å². The highest BCUT2D eigenvalue weighted by Crippen LogP contribution is 2.16. The number of ether oxygens (including phenoxy) is 2. The van der Waals surface area contributed by atoms with Crippen LogP contribution in [-0.4, -0.2) is 49.3 Å². The first-order valence-electron chi connectivity index (χ1n) is 7.98. The third-order valence-corrected chi connectivity index (χ3v) is 3.70. The van der Waals surface area contributed by atoms with Gasteiger partial charge in [-0.05, 0) is 18.9 Å². The monoisotopic (exact) mass is 281 g/mol. The predicted octanol–water partition coefficient (Wildman–Crippen LogP) is 2.53. The maximum Gasteiger partial charge on any atom is 0.246 e. The Kier molecular flexibility index (Phi) is 6.54. The molecule has 0 saturated carbocycles. The van der Waals surface area contributed by atoms with E-state index < -0.39 is 0 Å². The lowest BCUT2D eigenvalue weighted by atomic mass is 10.1. The van der Waals surface area contributed by atoms with Crippen molar-refractivity contribution in [1.29, 1.82) is 0 Å². The molecule has 0 aromatic heterocycles. The molecule has 0 aliphatic carbocycles. The largest absolute Gasteiger partial charge is 0.371 e. The van der Waals surface area contributed by atoms with Crippen molar-refractivity contribution in [2.45, 2.75) is 57.7 Å². The van der Waals surface area contributed by atoms with E-state index in [1.54, 1.807) is 6.08 Å². The summed E-state index contributed by atoms with van der Waals surface area (Å²) in [5, 5.41) is 0. The van der Waals surface area contributed by atoms with Crippen LogP contribution in [0.25, 0.3) is 0 Å². The number of hydrogen-bond acceptors (Lipinski definition) is 3. The lowest BCUT2D eigenvalue weighted by molar-refractivity contribution is -0.126. The fraction of sp³-hybridized carbons (Fsp3) is 0.812. The highest BCUT2D eigenvalue weighted by molar-refractivity contribution is 5.87. The molecule has 0 N–H and O–H groups in total. The number of epoxide rings is 2. The number of carbonyl (C=O) groups excluding carboxylic acids is 1. The SMILES string of the molecule is CCCCCCCC=CC(=O)N(CC1CO1)CC1CO1. The van der Waals surface area contributed by atoms with Crippen LogP contribution in [0.3, 0.4) is 0 Å². The Balaban J connectivity index is 1.61. The van der Waals surface area contributed by atoms with Gasteiger partial charge in [0, 0.05) is 13.1 Å². The Morgan fingerprint density at radius 3 is 2.25 bits per heavy atom. The molecule has 2 fully saturated rings. The third-order valence-electron chi connectivity index (χ3n) is 3.70. The van der Waals surface area contributed by atoms with Gasteiger partial charge in [-0.15, -0.1) is 0 Å². The molecule has 2 atom stereocenters. The van der Waals surface area contributed by atoms with Crippen LogP contribution in [0.1, 0.15) is 45.4 Å². The lowest BCUT2D eigenvalue weighted by Crippen LogP contribution is -2.36. The minimum Gasteiger partial charge on any atom is -0.371 e. The predicted molar refractivity (Wildman–Crippen MR) is 78.6 cm³/mol. The molecule has 0 spiro atoms. The zero-order valence-electron chi connectivity index (χ0n) is 12.6. The van der Waals surface area contributed by atoms with E-state index in [-0.39, 0.29) is 18.1 Å². The molecule has 2 aliphatic rings. The molecular formula is C16H27NO3. The Morgan fingerprint density at radius 1 is 1.10 bits per heavy atom. The van der Waals surface area contributed by atoms with Gasteiger partial charge in [-0.2, -0.15) is 0 Å². The van der Waals surface area contributed by atoms with Crippen LogP contribution in [0, 0.1) is 0 Å². The van der Waals surface area contributed by atoms with Gasteiger partial charge in [0.2, 0.25) is 5.91 Å². The van der Waals surface area contributed by atoms with Crippen molar-refractivity contribution >= 4 is 5.91 Å². The van der Waals surface area contributed by atoms with Crippen molar-refractivity contribution in [1.82, 2.24) is 4.90 Å². The van der Waals surface area contributed by atoms with Crippen LogP contribution in [0.5, 0.6) is 0 Å². The number of unbranched alkanes of at least 4 members (excludes halogenated alkanes) is 5. The van der Waals surface area contributed by atoms with E-state index in [1.807, 2.05) is 11.0 Å². The van der Waals surface area contributed by atoms with Gasteiger partial charge in [-0.25, -0.2) is 0 Å². The Bertz CT molecular complexity index is 308. The van der Waals surface area contributed by atoms with Crippen LogP contribution >= 0.6 is 0 Å². The van der Waals surface area contributed by atoms with E-state index in [1.165, 1.54) is 32.1 Å². The minimum absolute atomic E-state index is 0.101. The fourth-order valence-corrected chi connectivity index (χ4v) is 2.25. The van der Waals surface area contributed by atoms with Gasteiger partial charge in [-0.1, -0.05) is 38.7 Å². The fourth-order valence-electron chi connectivity index (χ4n) is 2.25. The van der Waals surface area contributed by atoms with Crippen LogP contribution in [-0.2, 0) is 14.3 Å². The maximum atomic E-state index is 12.1. The smallest absolute Gasteiger partial charge is 0.246 e. The quantitative estimate of drug-likeness (QED) is 0.332. The van der Waals surface area contributed by atoms with E-state index in [0.717, 1.165) is 19.6 Å². The van der Waals surface area contributed by atoms with Gasteiger partial charge in [0.15, 0.2) is 0 Å². The van der Waals surface area contributed by atoms with Gasteiger partial charge in [0.05, 0.1) is 25.4 Å². The van der Waals surface area contributed by atoms with Crippen LogP contribution in [0.4, 0.5) is 0 Å².